The number of aromatic nitrogens is 2. The lowest BCUT2D eigenvalue weighted by atomic mass is 9.85. The second-order valence-corrected chi connectivity index (χ2v) is 5.26. The van der Waals surface area contributed by atoms with E-state index < -0.39 is 0 Å². The van der Waals surface area contributed by atoms with E-state index in [1.807, 2.05) is 6.92 Å². The first kappa shape index (κ1) is 12.6. The van der Waals surface area contributed by atoms with Crippen molar-refractivity contribution in [3.8, 4) is 0 Å². The highest BCUT2D eigenvalue weighted by molar-refractivity contribution is 7.71. The second-order valence-electron chi connectivity index (χ2n) is 4.88. The second kappa shape index (κ2) is 5.17. The van der Waals surface area contributed by atoms with Gasteiger partial charge in [-0.2, -0.15) is 0 Å². The molecule has 1 aliphatic carbocycles. The largest absolute Gasteiger partial charge is 0.335 e. The highest BCUT2D eigenvalue weighted by Crippen LogP contribution is 2.32. The number of hydrogen-bond donors (Lipinski definition) is 1. The molecule has 0 aromatic carbocycles. The van der Waals surface area contributed by atoms with Crippen molar-refractivity contribution in [3.63, 3.8) is 0 Å². The van der Waals surface area contributed by atoms with E-state index in [4.69, 9.17) is 12.2 Å². The first-order chi connectivity index (χ1) is 8.15. The van der Waals surface area contributed by atoms with Crippen LogP contribution in [0.4, 0.5) is 0 Å². The van der Waals surface area contributed by atoms with Gasteiger partial charge in [-0.1, -0.05) is 26.2 Å². The Balaban J connectivity index is 2.52. The third kappa shape index (κ3) is 2.37. The average Bonchev–Trinajstić information content (AvgIpc) is 2.36. The molecular formula is C13H20N2OS. The van der Waals surface area contributed by atoms with Gasteiger partial charge >= 0.3 is 0 Å². The quantitative estimate of drug-likeness (QED) is 0.821. The van der Waals surface area contributed by atoms with E-state index in [-0.39, 0.29) is 5.56 Å². The molecule has 0 spiro atoms. The molecule has 1 heterocycles. The predicted octanol–water partition coefficient (Wildman–Crippen LogP) is 3.05. The van der Waals surface area contributed by atoms with Gasteiger partial charge < -0.3 is 4.98 Å². The van der Waals surface area contributed by atoms with Gasteiger partial charge in [-0.15, -0.1) is 0 Å². The fourth-order valence-electron chi connectivity index (χ4n) is 2.77. The van der Waals surface area contributed by atoms with Gasteiger partial charge in [0.25, 0.3) is 5.56 Å². The van der Waals surface area contributed by atoms with Crippen molar-refractivity contribution < 1.29 is 0 Å². The molecule has 94 valence electrons. The van der Waals surface area contributed by atoms with E-state index in [0.29, 0.717) is 10.7 Å². The molecule has 17 heavy (non-hydrogen) atoms. The summed E-state index contributed by atoms with van der Waals surface area (Å²) in [6, 6.07) is 0. The van der Waals surface area contributed by atoms with Crippen LogP contribution in [-0.2, 0) is 13.5 Å². The van der Waals surface area contributed by atoms with E-state index in [1.165, 1.54) is 32.1 Å². The summed E-state index contributed by atoms with van der Waals surface area (Å²) in [6.07, 6.45) is 7.01. The van der Waals surface area contributed by atoms with Gasteiger partial charge in [0.15, 0.2) is 4.77 Å². The Kier molecular flexibility index (Phi) is 3.82. The molecule has 0 saturated heterocycles. The lowest BCUT2D eigenvalue weighted by Gasteiger charge is -2.24. The van der Waals surface area contributed by atoms with Gasteiger partial charge in [0, 0.05) is 18.3 Å². The maximum absolute atomic E-state index is 12.2. The van der Waals surface area contributed by atoms with Crippen LogP contribution in [0.15, 0.2) is 4.79 Å². The van der Waals surface area contributed by atoms with Crippen LogP contribution in [-0.4, -0.2) is 9.55 Å². The summed E-state index contributed by atoms with van der Waals surface area (Å²) in [5.74, 6) is 0.509. The minimum absolute atomic E-state index is 0.0804. The van der Waals surface area contributed by atoms with Crippen LogP contribution in [0.1, 0.15) is 56.2 Å². The highest BCUT2D eigenvalue weighted by atomic mass is 32.1. The first-order valence-electron chi connectivity index (χ1n) is 6.47. The Labute approximate surface area is 107 Å². The molecule has 1 aromatic rings. The van der Waals surface area contributed by atoms with Crippen LogP contribution >= 0.6 is 12.2 Å². The molecule has 0 amide bonds. The summed E-state index contributed by atoms with van der Waals surface area (Å²) in [4.78, 5) is 15.4. The Morgan fingerprint density at radius 3 is 2.59 bits per heavy atom. The Hall–Kier alpha value is -0.900. The van der Waals surface area contributed by atoms with E-state index in [1.54, 1.807) is 11.6 Å². The van der Waals surface area contributed by atoms with E-state index in [9.17, 15) is 4.79 Å². The highest BCUT2D eigenvalue weighted by Gasteiger charge is 2.20. The molecule has 0 atom stereocenters. The minimum atomic E-state index is 0.0804. The van der Waals surface area contributed by atoms with Gasteiger partial charge in [0.1, 0.15) is 0 Å². The van der Waals surface area contributed by atoms with Gasteiger partial charge in [-0.3, -0.25) is 9.36 Å². The predicted molar refractivity (Wildman–Crippen MR) is 72.1 cm³/mol. The number of nitrogens with one attached hydrogen (secondary N) is 1. The van der Waals surface area contributed by atoms with Gasteiger partial charge in [0.2, 0.25) is 0 Å². The Morgan fingerprint density at radius 1 is 1.35 bits per heavy atom. The average molecular weight is 252 g/mol. The molecule has 1 aromatic heterocycles. The van der Waals surface area contributed by atoms with Gasteiger partial charge in [0.05, 0.1) is 0 Å². The van der Waals surface area contributed by atoms with Crippen LogP contribution in [0, 0.1) is 4.77 Å². The maximum atomic E-state index is 12.2. The molecule has 1 fully saturated rings. The van der Waals surface area contributed by atoms with Crippen LogP contribution in [0.25, 0.3) is 0 Å². The molecular weight excluding hydrogens is 232 g/mol. The third-order valence-electron chi connectivity index (χ3n) is 3.80. The molecule has 0 aliphatic heterocycles. The third-order valence-corrected chi connectivity index (χ3v) is 4.18. The van der Waals surface area contributed by atoms with Crippen molar-refractivity contribution in [2.75, 3.05) is 0 Å². The van der Waals surface area contributed by atoms with E-state index in [2.05, 4.69) is 4.98 Å². The zero-order valence-electron chi connectivity index (χ0n) is 10.6. The molecule has 3 nitrogen and oxygen atoms in total. The number of hydrogen-bond acceptors (Lipinski definition) is 2. The van der Waals surface area contributed by atoms with E-state index in [0.717, 1.165) is 17.7 Å². The van der Waals surface area contributed by atoms with Crippen LogP contribution in [0.5, 0.6) is 0 Å². The number of H-pyrrole nitrogens is 1. The molecule has 0 radical (unpaired) electrons. The fourth-order valence-corrected chi connectivity index (χ4v) is 2.96. The summed E-state index contributed by atoms with van der Waals surface area (Å²) in [7, 11) is 1.74. The van der Waals surface area contributed by atoms with Crippen molar-refractivity contribution in [2.45, 2.75) is 51.4 Å². The van der Waals surface area contributed by atoms with Gasteiger partial charge in [-0.05, 0) is 37.4 Å². The summed E-state index contributed by atoms with van der Waals surface area (Å²) in [6.45, 7) is 2.04. The topological polar surface area (TPSA) is 37.8 Å². The smallest absolute Gasteiger partial charge is 0.257 e. The minimum Gasteiger partial charge on any atom is -0.335 e. The normalized spacial score (nSPS) is 17.3. The molecule has 0 bridgehead atoms. The van der Waals surface area contributed by atoms with Crippen LogP contribution in [0.3, 0.4) is 0 Å². The number of rotatable bonds is 2. The molecule has 1 N–H and O–H groups in total. The monoisotopic (exact) mass is 252 g/mol. The fraction of sp³-hybridized carbons (Fsp3) is 0.692. The standard InChI is InChI=1S/C13H20N2OS/c1-3-10-11(9-7-5-4-6-8-9)14-13(17)15(2)12(10)16/h9H,3-8H2,1-2H3,(H,14,17). The molecule has 4 heteroatoms. The number of nitrogens with zero attached hydrogens (tertiary/aromatic N) is 1. The lowest BCUT2D eigenvalue weighted by molar-refractivity contribution is 0.431. The van der Waals surface area contributed by atoms with Crippen molar-refractivity contribution in [2.24, 2.45) is 7.05 Å². The summed E-state index contributed by atoms with van der Waals surface area (Å²) in [5.41, 5.74) is 2.12. The molecule has 1 aliphatic rings. The molecule has 0 unspecified atom stereocenters. The maximum Gasteiger partial charge on any atom is 0.257 e. The first-order valence-corrected chi connectivity index (χ1v) is 6.88. The zero-order chi connectivity index (χ0) is 12.4. The van der Waals surface area contributed by atoms with Crippen LogP contribution in [0.2, 0.25) is 0 Å². The SMILES string of the molecule is CCc1c(C2CCCCC2)[nH]c(=S)n(C)c1=O. The summed E-state index contributed by atoms with van der Waals surface area (Å²) < 4.78 is 2.09. The van der Waals surface area contributed by atoms with Crippen molar-refractivity contribution in [1.82, 2.24) is 9.55 Å². The van der Waals surface area contributed by atoms with Crippen molar-refractivity contribution >= 4 is 12.2 Å². The summed E-state index contributed by atoms with van der Waals surface area (Å²) in [5, 5.41) is 0. The zero-order valence-corrected chi connectivity index (χ0v) is 11.4. The Morgan fingerprint density at radius 2 is 2.00 bits per heavy atom. The molecule has 1 saturated carbocycles. The summed E-state index contributed by atoms with van der Waals surface area (Å²) >= 11 is 5.21. The lowest BCUT2D eigenvalue weighted by Crippen LogP contribution is -2.26. The molecule has 2 rings (SSSR count). The van der Waals surface area contributed by atoms with Crippen LogP contribution < -0.4 is 5.56 Å². The van der Waals surface area contributed by atoms with E-state index >= 15 is 0 Å². The van der Waals surface area contributed by atoms with Crippen molar-refractivity contribution in [3.05, 3.63) is 26.4 Å². The van der Waals surface area contributed by atoms with Gasteiger partial charge in [-0.25, -0.2) is 0 Å². The van der Waals surface area contributed by atoms with Crippen molar-refractivity contribution in [1.29, 1.82) is 0 Å². The Bertz CT molecular complexity index is 509. The number of aromatic amines is 1.